The zero-order valence-corrected chi connectivity index (χ0v) is 13.1. The van der Waals surface area contributed by atoms with Crippen molar-refractivity contribution in [2.75, 3.05) is 7.11 Å². The first kappa shape index (κ1) is 16.5. The van der Waals surface area contributed by atoms with Crippen LogP contribution in [0.1, 0.15) is 22.8 Å². The highest BCUT2D eigenvalue weighted by Gasteiger charge is 2.18. The Morgan fingerprint density at radius 2 is 1.83 bits per heavy atom. The molecular weight excluding hydrogens is 294 g/mol. The Morgan fingerprint density at radius 1 is 1.09 bits per heavy atom. The van der Waals surface area contributed by atoms with Gasteiger partial charge in [0.1, 0.15) is 5.75 Å². The van der Waals surface area contributed by atoms with Crippen molar-refractivity contribution in [2.24, 2.45) is 0 Å². The van der Waals surface area contributed by atoms with Crippen molar-refractivity contribution in [3.8, 4) is 5.75 Å². The molecule has 1 unspecified atom stereocenters. The zero-order chi connectivity index (χ0) is 16.7. The summed E-state index contributed by atoms with van der Waals surface area (Å²) < 4.78 is 10.2. The first-order valence-corrected chi connectivity index (χ1v) is 7.27. The largest absolute Gasteiger partial charge is 0.497 e. The van der Waals surface area contributed by atoms with Crippen molar-refractivity contribution >= 4 is 11.9 Å². The van der Waals surface area contributed by atoms with E-state index >= 15 is 0 Å². The van der Waals surface area contributed by atoms with E-state index in [1.165, 1.54) is 7.11 Å². The number of rotatable bonds is 6. The molecule has 1 atom stereocenters. The lowest BCUT2D eigenvalue weighted by Crippen LogP contribution is -2.35. The van der Waals surface area contributed by atoms with E-state index in [9.17, 15) is 9.59 Å². The van der Waals surface area contributed by atoms with E-state index in [1.54, 1.807) is 31.2 Å². The molecule has 0 bridgehead atoms. The van der Waals surface area contributed by atoms with Gasteiger partial charge in [-0.3, -0.25) is 4.79 Å². The molecule has 1 amide bonds. The van der Waals surface area contributed by atoms with Gasteiger partial charge in [-0.1, -0.05) is 36.4 Å². The number of carbonyl (C=O) groups is 2. The van der Waals surface area contributed by atoms with E-state index in [1.807, 2.05) is 30.3 Å². The highest BCUT2D eigenvalue weighted by atomic mass is 16.5. The van der Waals surface area contributed by atoms with E-state index in [4.69, 9.17) is 9.47 Å². The van der Waals surface area contributed by atoms with Gasteiger partial charge in [0.15, 0.2) is 6.10 Å². The number of esters is 1. The molecule has 0 saturated heterocycles. The van der Waals surface area contributed by atoms with Gasteiger partial charge < -0.3 is 14.8 Å². The standard InChI is InChI=1S/C18H19NO4/c1-13(17(20)19-12-14-7-4-3-5-8-14)23-18(21)15-9-6-10-16(11-15)22-2/h3-11,13H,12H2,1-2H3,(H,19,20). The fourth-order valence-corrected chi connectivity index (χ4v) is 1.96. The third-order valence-electron chi connectivity index (χ3n) is 3.27. The minimum atomic E-state index is -0.877. The topological polar surface area (TPSA) is 64.6 Å². The molecule has 0 aliphatic carbocycles. The van der Waals surface area contributed by atoms with Crippen LogP contribution in [0.3, 0.4) is 0 Å². The van der Waals surface area contributed by atoms with Gasteiger partial charge in [-0.05, 0) is 30.7 Å². The third-order valence-corrected chi connectivity index (χ3v) is 3.27. The molecule has 0 aliphatic rings. The highest BCUT2D eigenvalue weighted by Crippen LogP contribution is 2.14. The molecule has 1 N–H and O–H groups in total. The average molecular weight is 313 g/mol. The van der Waals surface area contributed by atoms with Gasteiger partial charge >= 0.3 is 5.97 Å². The minimum absolute atomic E-state index is 0.340. The summed E-state index contributed by atoms with van der Waals surface area (Å²) in [6.07, 6.45) is -0.877. The molecule has 0 heterocycles. The number of nitrogens with one attached hydrogen (secondary N) is 1. The molecule has 2 aromatic rings. The molecule has 0 aliphatic heterocycles. The van der Waals surface area contributed by atoms with Crippen molar-refractivity contribution in [1.82, 2.24) is 5.32 Å². The lowest BCUT2D eigenvalue weighted by molar-refractivity contribution is -0.129. The Bertz CT molecular complexity index is 670. The number of methoxy groups -OCH3 is 1. The molecule has 23 heavy (non-hydrogen) atoms. The lowest BCUT2D eigenvalue weighted by Gasteiger charge is -2.14. The monoisotopic (exact) mass is 313 g/mol. The summed E-state index contributed by atoms with van der Waals surface area (Å²) >= 11 is 0. The molecule has 2 aromatic carbocycles. The normalized spacial score (nSPS) is 11.4. The predicted molar refractivity (Wildman–Crippen MR) is 86.2 cm³/mol. The van der Waals surface area contributed by atoms with Crippen LogP contribution < -0.4 is 10.1 Å². The van der Waals surface area contributed by atoms with Crippen LogP contribution in [0.2, 0.25) is 0 Å². The molecule has 2 rings (SSSR count). The molecule has 0 spiro atoms. The molecule has 5 heteroatoms. The van der Waals surface area contributed by atoms with E-state index in [2.05, 4.69) is 5.32 Å². The Balaban J connectivity index is 1.88. The summed E-state index contributed by atoms with van der Waals surface area (Å²) in [5.41, 5.74) is 1.32. The number of hydrogen-bond donors (Lipinski definition) is 1. The summed E-state index contributed by atoms with van der Waals surface area (Å²) in [5, 5.41) is 2.74. The maximum absolute atomic E-state index is 12.0. The second kappa shape index (κ2) is 7.98. The minimum Gasteiger partial charge on any atom is -0.497 e. The van der Waals surface area contributed by atoms with Gasteiger partial charge in [-0.15, -0.1) is 0 Å². The number of hydrogen-bond acceptors (Lipinski definition) is 4. The van der Waals surface area contributed by atoms with Gasteiger partial charge in [0, 0.05) is 6.54 Å². The predicted octanol–water partition coefficient (Wildman–Crippen LogP) is 2.56. The van der Waals surface area contributed by atoms with Crippen molar-refractivity contribution in [3.63, 3.8) is 0 Å². The summed E-state index contributed by atoms with van der Waals surface area (Å²) in [4.78, 5) is 24.0. The first-order valence-electron chi connectivity index (χ1n) is 7.27. The van der Waals surface area contributed by atoms with Crippen LogP contribution in [-0.2, 0) is 16.1 Å². The molecule has 5 nitrogen and oxygen atoms in total. The molecule has 120 valence electrons. The lowest BCUT2D eigenvalue weighted by atomic mass is 10.2. The van der Waals surface area contributed by atoms with Crippen LogP contribution in [0.5, 0.6) is 5.75 Å². The molecule has 0 saturated carbocycles. The average Bonchev–Trinajstić information content (AvgIpc) is 2.60. The molecule has 0 radical (unpaired) electrons. The maximum atomic E-state index is 12.0. The number of amides is 1. The van der Waals surface area contributed by atoms with Crippen LogP contribution in [0.25, 0.3) is 0 Å². The van der Waals surface area contributed by atoms with Gasteiger partial charge in [-0.25, -0.2) is 4.79 Å². The second-order valence-electron chi connectivity index (χ2n) is 4.98. The Hall–Kier alpha value is -2.82. The smallest absolute Gasteiger partial charge is 0.339 e. The summed E-state index contributed by atoms with van der Waals surface area (Å²) in [6.45, 7) is 1.93. The SMILES string of the molecule is COc1cccc(C(=O)OC(C)C(=O)NCc2ccccc2)c1. The van der Waals surface area contributed by atoms with Gasteiger partial charge in [-0.2, -0.15) is 0 Å². The molecule has 0 aromatic heterocycles. The summed E-state index contributed by atoms with van der Waals surface area (Å²) in [5.74, 6) is -0.350. The maximum Gasteiger partial charge on any atom is 0.339 e. The van der Waals surface area contributed by atoms with Crippen molar-refractivity contribution in [2.45, 2.75) is 19.6 Å². The Labute approximate surface area is 135 Å². The van der Waals surface area contributed by atoms with Gasteiger partial charge in [0.05, 0.1) is 12.7 Å². The Kier molecular flexibility index (Phi) is 5.74. The van der Waals surface area contributed by atoms with Crippen LogP contribution in [0.4, 0.5) is 0 Å². The van der Waals surface area contributed by atoms with E-state index in [-0.39, 0.29) is 5.91 Å². The van der Waals surface area contributed by atoms with Gasteiger partial charge in [0.25, 0.3) is 5.91 Å². The van der Waals surface area contributed by atoms with E-state index < -0.39 is 12.1 Å². The molecule has 0 fully saturated rings. The molecular formula is C18H19NO4. The van der Waals surface area contributed by atoms with Crippen molar-refractivity contribution in [1.29, 1.82) is 0 Å². The van der Waals surface area contributed by atoms with Crippen LogP contribution in [0.15, 0.2) is 54.6 Å². The number of ether oxygens (including phenoxy) is 2. The van der Waals surface area contributed by atoms with Gasteiger partial charge in [0.2, 0.25) is 0 Å². The van der Waals surface area contributed by atoms with Crippen LogP contribution >= 0.6 is 0 Å². The highest BCUT2D eigenvalue weighted by molar-refractivity contribution is 5.92. The van der Waals surface area contributed by atoms with E-state index in [0.717, 1.165) is 5.56 Å². The quantitative estimate of drug-likeness (QED) is 0.833. The van der Waals surface area contributed by atoms with Crippen molar-refractivity contribution < 1.29 is 19.1 Å². The zero-order valence-electron chi connectivity index (χ0n) is 13.1. The van der Waals surface area contributed by atoms with E-state index in [0.29, 0.717) is 17.9 Å². The fourth-order valence-electron chi connectivity index (χ4n) is 1.96. The number of benzene rings is 2. The van der Waals surface area contributed by atoms with Crippen LogP contribution in [0, 0.1) is 0 Å². The third kappa shape index (κ3) is 4.85. The first-order chi connectivity index (χ1) is 11.1. The van der Waals surface area contributed by atoms with Crippen LogP contribution in [-0.4, -0.2) is 25.1 Å². The Morgan fingerprint density at radius 3 is 2.52 bits per heavy atom. The summed E-state index contributed by atoms with van der Waals surface area (Å²) in [6, 6.07) is 16.1. The second-order valence-corrected chi connectivity index (χ2v) is 4.98. The van der Waals surface area contributed by atoms with Crippen molar-refractivity contribution in [3.05, 3.63) is 65.7 Å². The fraction of sp³-hybridized carbons (Fsp3) is 0.222. The summed E-state index contributed by atoms with van der Waals surface area (Å²) in [7, 11) is 1.52. The number of carbonyl (C=O) groups excluding carboxylic acids is 2.